The van der Waals surface area contributed by atoms with Crippen molar-refractivity contribution in [2.45, 2.75) is 13.5 Å². The Labute approximate surface area is 130 Å². The normalized spacial score (nSPS) is 10.2. The first-order chi connectivity index (χ1) is 10.8. The van der Waals surface area contributed by atoms with Crippen LogP contribution in [0.4, 0.5) is 0 Å². The third-order valence-electron chi connectivity index (χ3n) is 3.17. The SMILES string of the molecule is Cc1cccc(COc2ccc(Oc3ccccn3)cc2)c1. The van der Waals surface area contributed by atoms with Gasteiger partial charge in [0.2, 0.25) is 5.88 Å². The van der Waals surface area contributed by atoms with Crippen molar-refractivity contribution in [3.8, 4) is 17.4 Å². The third kappa shape index (κ3) is 3.85. The van der Waals surface area contributed by atoms with E-state index in [9.17, 15) is 0 Å². The van der Waals surface area contributed by atoms with Crippen molar-refractivity contribution >= 4 is 0 Å². The molecule has 1 aromatic heterocycles. The van der Waals surface area contributed by atoms with Crippen molar-refractivity contribution in [3.05, 3.63) is 84.1 Å². The third-order valence-corrected chi connectivity index (χ3v) is 3.17. The van der Waals surface area contributed by atoms with E-state index < -0.39 is 0 Å². The van der Waals surface area contributed by atoms with Crippen molar-refractivity contribution in [2.75, 3.05) is 0 Å². The number of nitrogens with zero attached hydrogens (tertiary/aromatic N) is 1. The maximum atomic E-state index is 5.78. The van der Waals surface area contributed by atoms with E-state index in [4.69, 9.17) is 9.47 Å². The van der Waals surface area contributed by atoms with Gasteiger partial charge in [0.25, 0.3) is 0 Å². The Kier molecular flexibility index (Phi) is 4.35. The Morgan fingerprint density at radius 2 is 1.68 bits per heavy atom. The molecule has 0 saturated heterocycles. The van der Waals surface area contributed by atoms with Gasteiger partial charge in [0.05, 0.1) is 0 Å². The molecule has 2 aromatic carbocycles. The Morgan fingerprint density at radius 1 is 0.864 bits per heavy atom. The summed E-state index contributed by atoms with van der Waals surface area (Å²) in [5.74, 6) is 2.13. The molecule has 3 aromatic rings. The predicted molar refractivity (Wildman–Crippen MR) is 86.3 cm³/mol. The van der Waals surface area contributed by atoms with E-state index >= 15 is 0 Å². The number of rotatable bonds is 5. The molecule has 0 saturated carbocycles. The predicted octanol–water partition coefficient (Wildman–Crippen LogP) is 4.76. The molecule has 22 heavy (non-hydrogen) atoms. The highest BCUT2D eigenvalue weighted by atomic mass is 16.5. The van der Waals surface area contributed by atoms with E-state index in [1.807, 2.05) is 48.5 Å². The number of benzene rings is 2. The molecular formula is C19H17NO2. The molecule has 3 heteroatoms. The first-order valence-corrected chi connectivity index (χ1v) is 7.17. The monoisotopic (exact) mass is 291 g/mol. The molecule has 0 aliphatic carbocycles. The van der Waals surface area contributed by atoms with Crippen LogP contribution in [0.15, 0.2) is 72.9 Å². The van der Waals surface area contributed by atoms with Gasteiger partial charge in [-0.25, -0.2) is 4.98 Å². The van der Waals surface area contributed by atoms with Crippen molar-refractivity contribution in [3.63, 3.8) is 0 Å². The fourth-order valence-electron chi connectivity index (χ4n) is 2.10. The second-order valence-electron chi connectivity index (χ2n) is 5.02. The average molecular weight is 291 g/mol. The van der Waals surface area contributed by atoms with Crippen molar-refractivity contribution < 1.29 is 9.47 Å². The Morgan fingerprint density at radius 3 is 2.41 bits per heavy atom. The van der Waals surface area contributed by atoms with Crippen molar-refractivity contribution in [1.29, 1.82) is 0 Å². The highest BCUT2D eigenvalue weighted by Crippen LogP contribution is 2.22. The Bertz CT molecular complexity index is 724. The van der Waals surface area contributed by atoms with Crippen LogP contribution >= 0.6 is 0 Å². The van der Waals surface area contributed by atoms with Gasteiger partial charge in [-0.15, -0.1) is 0 Å². The van der Waals surface area contributed by atoms with Gasteiger partial charge >= 0.3 is 0 Å². The second-order valence-corrected chi connectivity index (χ2v) is 5.02. The number of pyridine rings is 1. The lowest BCUT2D eigenvalue weighted by molar-refractivity contribution is 0.305. The Hall–Kier alpha value is -2.81. The highest BCUT2D eigenvalue weighted by Gasteiger charge is 2.00. The molecule has 0 atom stereocenters. The number of aryl methyl sites for hydroxylation is 1. The van der Waals surface area contributed by atoms with Gasteiger partial charge in [0.15, 0.2) is 0 Å². The lowest BCUT2D eigenvalue weighted by Crippen LogP contribution is -1.95. The highest BCUT2D eigenvalue weighted by molar-refractivity contribution is 5.33. The van der Waals surface area contributed by atoms with Crippen LogP contribution in [-0.4, -0.2) is 4.98 Å². The summed E-state index contributed by atoms with van der Waals surface area (Å²) in [7, 11) is 0. The molecule has 0 bridgehead atoms. The number of hydrogen-bond acceptors (Lipinski definition) is 3. The number of ether oxygens (including phenoxy) is 2. The molecule has 0 amide bonds. The maximum absolute atomic E-state index is 5.78. The Balaban J connectivity index is 1.60. The molecular weight excluding hydrogens is 274 g/mol. The minimum absolute atomic E-state index is 0.558. The number of hydrogen-bond donors (Lipinski definition) is 0. The molecule has 0 spiro atoms. The smallest absolute Gasteiger partial charge is 0.219 e. The van der Waals surface area contributed by atoms with Gasteiger partial charge in [-0.1, -0.05) is 35.9 Å². The first kappa shape index (κ1) is 14.1. The van der Waals surface area contributed by atoms with Crippen LogP contribution in [-0.2, 0) is 6.61 Å². The molecule has 3 rings (SSSR count). The van der Waals surface area contributed by atoms with E-state index in [0.717, 1.165) is 17.1 Å². The summed E-state index contributed by atoms with van der Waals surface area (Å²) in [5.41, 5.74) is 2.40. The molecule has 1 heterocycles. The van der Waals surface area contributed by atoms with Crippen LogP contribution in [0.2, 0.25) is 0 Å². The van der Waals surface area contributed by atoms with Gasteiger partial charge in [0.1, 0.15) is 18.1 Å². The molecule has 0 aliphatic rings. The number of aromatic nitrogens is 1. The first-order valence-electron chi connectivity index (χ1n) is 7.17. The van der Waals surface area contributed by atoms with Crippen LogP contribution in [0.1, 0.15) is 11.1 Å². The van der Waals surface area contributed by atoms with Crippen molar-refractivity contribution in [1.82, 2.24) is 4.98 Å². The van der Waals surface area contributed by atoms with Gasteiger partial charge < -0.3 is 9.47 Å². The second kappa shape index (κ2) is 6.76. The van der Waals surface area contributed by atoms with Gasteiger partial charge in [-0.05, 0) is 42.8 Å². The van der Waals surface area contributed by atoms with Crippen LogP contribution in [0, 0.1) is 6.92 Å². The van der Waals surface area contributed by atoms with E-state index in [0.29, 0.717) is 12.5 Å². The summed E-state index contributed by atoms with van der Waals surface area (Å²) in [6, 6.07) is 21.4. The van der Waals surface area contributed by atoms with Crippen molar-refractivity contribution in [2.24, 2.45) is 0 Å². The van der Waals surface area contributed by atoms with E-state index in [2.05, 4.69) is 30.1 Å². The van der Waals surface area contributed by atoms with Crippen LogP contribution in [0.25, 0.3) is 0 Å². The zero-order valence-electron chi connectivity index (χ0n) is 12.4. The average Bonchev–Trinajstić information content (AvgIpc) is 2.55. The quantitative estimate of drug-likeness (QED) is 0.679. The van der Waals surface area contributed by atoms with Gasteiger partial charge in [-0.2, -0.15) is 0 Å². The van der Waals surface area contributed by atoms with Crippen LogP contribution in [0.3, 0.4) is 0 Å². The topological polar surface area (TPSA) is 31.4 Å². The summed E-state index contributed by atoms with van der Waals surface area (Å²) < 4.78 is 11.4. The zero-order chi connectivity index (χ0) is 15.2. The maximum Gasteiger partial charge on any atom is 0.219 e. The van der Waals surface area contributed by atoms with Crippen LogP contribution < -0.4 is 9.47 Å². The summed E-state index contributed by atoms with van der Waals surface area (Å²) in [4.78, 5) is 4.13. The largest absolute Gasteiger partial charge is 0.489 e. The molecule has 3 nitrogen and oxygen atoms in total. The fraction of sp³-hybridized carbons (Fsp3) is 0.105. The van der Waals surface area contributed by atoms with Gasteiger partial charge in [-0.3, -0.25) is 0 Å². The zero-order valence-corrected chi connectivity index (χ0v) is 12.4. The molecule has 0 aliphatic heterocycles. The summed E-state index contributed by atoms with van der Waals surface area (Å²) >= 11 is 0. The molecule has 110 valence electrons. The molecule has 0 N–H and O–H groups in total. The van der Waals surface area contributed by atoms with Gasteiger partial charge in [0, 0.05) is 12.3 Å². The molecule has 0 radical (unpaired) electrons. The van der Waals surface area contributed by atoms with Crippen LogP contribution in [0.5, 0.6) is 17.4 Å². The molecule has 0 fully saturated rings. The standard InChI is InChI=1S/C19H17NO2/c1-15-5-4-6-16(13-15)14-21-17-8-10-18(11-9-17)22-19-7-2-3-12-20-19/h2-13H,14H2,1H3. The van der Waals surface area contributed by atoms with E-state index in [1.54, 1.807) is 6.20 Å². The summed E-state index contributed by atoms with van der Waals surface area (Å²) in [6.07, 6.45) is 1.70. The summed E-state index contributed by atoms with van der Waals surface area (Å²) in [6.45, 7) is 2.63. The van der Waals surface area contributed by atoms with E-state index in [-0.39, 0.29) is 0 Å². The lowest BCUT2D eigenvalue weighted by Gasteiger charge is -2.08. The molecule has 0 unspecified atom stereocenters. The minimum Gasteiger partial charge on any atom is -0.489 e. The van der Waals surface area contributed by atoms with E-state index in [1.165, 1.54) is 5.56 Å². The summed E-state index contributed by atoms with van der Waals surface area (Å²) in [5, 5.41) is 0. The lowest BCUT2D eigenvalue weighted by atomic mass is 10.1. The fourth-order valence-corrected chi connectivity index (χ4v) is 2.10. The minimum atomic E-state index is 0.558.